The predicted octanol–water partition coefficient (Wildman–Crippen LogP) is 2.45. The number of rotatable bonds is 5. The maximum absolute atomic E-state index is 11.8. The number of hydrogen-bond acceptors (Lipinski definition) is 5. The standard InChI is InChI=1S/C15H17ClN4O2/c1-20(2)14(21)11-6-4-10(5-7-11)8-17-13-12(16)9-18-15(19-13)22-3/h4-7,9H,8H2,1-3H3,(H,17,18,19). The molecule has 0 spiro atoms. The summed E-state index contributed by atoms with van der Waals surface area (Å²) in [7, 11) is 4.94. The quantitative estimate of drug-likeness (QED) is 0.916. The van der Waals surface area contributed by atoms with E-state index in [1.165, 1.54) is 13.3 Å². The number of nitrogens with zero attached hydrogens (tertiary/aromatic N) is 3. The zero-order chi connectivity index (χ0) is 16.1. The normalized spacial score (nSPS) is 10.2. The van der Waals surface area contributed by atoms with Gasteiger partial charge in [0.25, 0.3) is 5.91 Å². The molecule has 2 rings (SSSR count). The molecule has 7 heteroatoms. The van der Waals surface area contributed by atoms with Crippen LogP contribution in [0.5, 0.6) is 6.01 Å². The molecular formula is C15H17ClN4O2. The Balaban J connectivity index is 2.04. The second-order valence-corrected chi connectivity index (χ2v) is 5.21. The van der Waals surface area contributed by atoms with Gasteiger partial charge < -0.3 is 15.0 Å². The van der Waals surface area contributed by atoms with Crippen molar-refractivity contribution in [2.24, 2.45) is 0 Å². The Bertz CT molecular complexity index is 659. The third kappa shape index (κ3) is 3.85. The monoisotopic (exact) mass is 320 g/mol. The van der Waals surface area contributed by atoms with Crippen LogP contribution in [-0.4, -0.2) is 42.0 Å². The van der Waals surface area contributed by atoms with Crippen LogP contribution in [0, 0.1) is 0 Å². The summed E-state index contributed by atoms with van der Waals surface area (Å²) in [5, 5.41) is 3.53. The Hall–Kier alpha value is -2.34. The highest BCUT2D eigenvalue weighted by Gasteiger charge is 2.08. The SMILES string of the molecule is COc1ncc(Cl)c(NCc2ccc(C(=O)N(C)C)cc2)n1. The number of hydrogen-bond donors (Lipinski definition) is 1. The maximum atomic E-state index is 11.8. The molecule has 22 heavy (non-hydrogen) atoms. The molecule has 0 radical (unpaired) electrons. The number of halogens is 1. The molecule has 0 fully saturated rings. The van der Waals surface area contributed by atoms with Crippen LogP contribution in [0.15, 0.2) is 30.5 Å². The van der Waals surface area contributed by atoms with Gasteiger partial charge in [-0.25, -0.2) is 4.98 Å². The molecule has 116 valence electrons. The van der Waals surface area contributed by atoms with E-state index in [9.17, 15) is 4.79 Å². The summed E-state index contributed by atoms with van der Waals surface area (Å²) in [5.41, 5.74) is 1.65. The van der Waals surface area contributed by atoms with Crippen LogP contribution in [0.2, 0.25) is 5.02 Å². The highest BCUT2D eigenvalue weighted by molar-refractivity contribution is 6.32. The molecule has 1 amide bonds. The largest absolute Gasteiger partial charge is 0.467 e. The minimum atomic E-state index is -0.0249. The average molecular weight is 321 g/mol. The molecule has 0 atom stereocenters. The molecule has 0 aliphatic rings. The fourth-order valence-corrected chi connectivity index (χ4v) is 1.94. The first-order valence-electron chi connectivity index (χ1n) is 6.62. The third-order valence-corrected chi connectivity index (χ3v) is 3.25. The van der Waals surface area contributed by atoms with Gasteiger partial charge in [0.15, 0.2) is 5.82 Å². The average Bonchev–Trinajstić information content (AvgIpc) is 2.54. The molecule has 0 saturated carbocycles. The number of carbonyl (C=O) groups excluding carboxylic acids is 1. The second-order valence-electron chi connectivity index (χ2n) is 4.80. The van der Waals surface area contributed by atoms with Crippen LogP contribution in [-0.2, 0) is 6.54 Å². The van der Waals surface area contributed by atoms with Crippen molar-refractivity contribution < 1.29 is 9.53 Å². The van der Waals surface area contributed by atoms with E-state index in [1.54, 1.807) is 31.1 Å². The second kappa shape index (κ2) is 7.09. The molecule has 2 aromatic rings. The van der Waals surface area contributed by atoms with Gasteiger partial charge in [-0.15, -0.1) is 0 Å². The maximum Gasteiger partial charge on any atom is 0.318 e. The van der Waals surface area contributed by atoms with E-state index >= 15 is 0 Å². The minimum absolute atomic E-state index is 0.0249. The van der Waals surface area contributed by atoms with E-state index < -0.39 is 0 Å². The van der Waals surface area contributed by atoms with Crippen molar-refractivity contribution in [3.8, 4) is 6.01 Å². The van der Waals surface area contributed by atoms with Crippen molar-refractivity contribution in [2.75, 3.05) is 26.5 Å². The molecule has 0 bridgehead atoms. The van der Waals surface area contributed by atoms with E-state index in [-0.39, 0.29) is 11.9 Å². The van der Waals surface area contributed by atoms with E-state index in [0.717, 1.165) is 5.56 Å². The van der Waals surface area contributed by atoms with Gasteiger partial charge in [0, 0.05) is 26.2 Å². The van der Waals surface area contributed by atoms with Gasteiger partial charge in [0.05, 0.1) is 13.3 Å². The predicted molar refractivity (Wildman–Crippen MR) is 85.4 cm³/mol. The summed E-state index contributed by atoms with van der Waals surface area (Å²) in [5.74, 6) is 0.477. The number of aromatic nitrogens is 2. The van der Waals surface area contributed by atoms with Crippen LogP contribution in [0.4, 0.5) is 5.82 Å². The Labute approximate surface area is 134 Å². The summed E-state index contributed by atoms with van der Waals surface area (Å²) in [6.07, 6.45) is 1.48. The number of amides is 1. The topological polar surface area (TPSA) is 67.3 Å². The van der Waals surface area contributed by atoms with Crippen molar-refractivity contribution in [1.29, 1.82) is 0 Å². The smallest absolute Gasteiger partial charge is 0.318 e. The zero-order valence-electron chi connectivity index (χ0n) is 12.6. The highest BCUT2D eigenvalue weighted by atomic mass is 35.5. The summed E-state index contributed by atoms with van der Waals surface area (Å²) < 4.78 is 4.96. The molecule has 1 aromatic heterocycles. The molecule has 0 saturated heterocycles. The molecule has 0 unspecified atom stereocenters. The molecule has 1 N–H and O–H groups in total. The molecule has 0 aliphatic heterocycles. The van der Waals surface area contributed by atoms with E-state index in [2.05, 4.69) is 15.3 Å². The summed E-state index contributed by atoms with van der Waals surface area (Å²) in [6, 6.07) is 7.61. The lowest BCUT2D eigenvalue weighted by atomic mass is 10.1. The first-order chi connectivity index (χ1) is 10.5. The van der Waals surface area contributed by atoms with E-state index in [1.807, 2.05) is 12.1 Å². The Morgan fingerprint density at radius 2 is 2.00 bits per heavy atom. The molecule has 6 nitrogen and oxygen atoms in total. The van der Waals surface area contributed by atoms with Gasteiger partial charge in [0.2, 0.25) is 0 Å². The lowest BCUT2D eigenvalue weighted by Gasteiger charge is -2.11. The Morgan fingerprint density at radius 3 is 2.59 bits per heavy atom. The van der Waals surface area contributed by atoms with Crippen molar-refractivity contribution >= 4 is 23.3 Å². The first-order valence-corrected chi connectivity index (χ1v) is 7.00. The fraction of sp³-hybridized carbons (Fsp3) is 0.267. The summed E-state index contributed by atoms with van der Waals surface area (Å²) >= 11 is 6.03. The minimum Gasteiger partial charge on any atom is -0.467 e. The fourth-order valence-electron chi connectivity index (χ4n) is 1.78. The van der Waals surface area contributed by atoms with E-state index in [4.69, 9.17) is 16.3 Å². The van der Waals surface area contributed by atoms with Gasteiger partial charge in [-0.1, -0.05) is 23.7 Å². The Morgan fingerprint density at radius 1 is 1.32 bits per heavy atom. The number of methoxy groups -OCH3 is 1. The lowest BCUT2D eigenvalue weighted by Crippen LogP contribution is -2.21. The van der Waals surface area contributed by atoms with Crippen LogP contribution >= 0.6 is 11.6 Å². The van der Waals surface area contributed by atoms with Crippen LogP contribution in [0.3, 0.4) is 0 Å². The Kier molecular flexibility index (Phi) is 5.16. The van der Waals surface area contributed by atoms with Gasteiger partial charge >= 0.3 is 6.01 Å². The zero-order valence-corrected chi connectivity index (χ0v) is 13.4. The molecule has 0 aliphatic carbocycles. The van der Waals surface area contributed by atoms with Crippen molar-refractivity contribution in [3.05, 3.63) is 46.6 Å². The van der Waals surface area contributed by atoms with Crippen LogP contribution in [0.1, 0.15) is 15.9 Å². The van der Waals surface area contributed by atoms with Gasteiger partial charge in [0.1, 0.15) is 5.02 Å². The summed E-state index contributed by atoms with van der Waals surface area (Å²) in [4.78, 5) is 21.4. The summed E-state index contributed by atoms with van der Waals surface area (Å²) in [6.45, 7) is 0.524. The van der Waals surface area contributed by atoms with Crippen molar-refractivity contribution in [2.45, 2.75) is 6.54 Å². The molecule has 1 aromatic carbocycles. The first kappa shape index (κ1) is 16.0. The number of ether oxygens (including phenoxy) is 1. The highest BCUT2D eigenvalue weighted by Crippen LogP contribution is 2.20. The molecule has 1 heterocycles. The van der Waals surface area contributed by atoms with Gasteiger partial charge in [-0.3, -0.25) is 4.79 Å². The van der Waals surface area contributed by atoms with E-state index in [0.29, 0.717) is 22.9 Å². The van der Waals surface area contributed by atoms with Gasteiger partial charge in [-0.2, -0.15) is 4.98 Å². The van der Waals surface area contributed by atoms with Gasteiger partial charge in [-0.05, 0) is 17.7 Å². The number of carbonyl (C=O) groups is 1. The number of benzene rings is 1. The number of nitrogens with one attached hydrogen (secondary N) is 1. The number of anilines is 1. The van der Waals surface area contributed by atoms with Crippen molar-refractivity contribution in [3.63, 3.8) is 0 Å². The third-order valence-electron chi connectivity index (χ3n) is 2.97. The van der Waals surface area contributed by atoms with Crippen LogP contribution < -0.4 is 10.1 Å². The van der Waals surface area contributed by atoms with Crippen LogP contribution in [0.25, 0.3) is 0 Å². The molecular weight excluding hydrogens is 304 g/mol. The lowest BCUT2D eigenvalue weighted by molar-refractivity contribution is 0.0827. The van der Waals surface area contributed by atoms with Crippen molar-refractivity contribution in [1.82, 2.24) is 14.9 Å².